The molecule has 4 nitrogen and oxygen atoms in total. The molecule has 0 radical (unpaired) electrons. The van der Waals surface area contributed by atoms with Crippen LogP contribution in [0.15, 0.2) is 24.3 Å². The average Bonchev–Trinajstić information content (AvgIpc) is 2.29. The van der Waals surface area contributed by atoms with Crippen LogP contribution in [0.2, 0.25) is 0 Å². The van der Waals surface area contributed by atoms with Gasteiger partial charge in [-0.25, -0.2) is 0 Å². The lowest BCUT2D eigenvalue weighted by molar-refractivity contribution is -0.0689. The van der Waals surface area contributed by atoms with Gasteiger partial charge in [0.2, 0.25) is 0 Å². The highest BCUT2D eigenvalue weighted by Crippen LogP contribution is 2.40. The normalized spacial score (nSPS) is 26.1. The summed E-state index contributed by atoms with van der Waals surface area (Å²) in [5.41, 5.74) is 6.55. The number of hydrogen-bond acceptors (Lipinski definition) is 3. The van der Waals surface area contributed by atoms with Crippen LogP contribution < -0.4 is 11.1 Å². The fourth-order valence-electron chi connectivity index (χ4n) is 2.02. The molecule has 92 valence electrons. The molecule has 2 rings (SSSR count). The number of rotatable bonds is 2. The monoisotopic (exact) mass is 234 g/mol. The molecule has 17 heavy (non-hydrogen) atoms. The zero-order valence-corrected chi connectivity index (χ0v) is 10.1. The quantitative estimate of drug-likeness (QED) is 0.672. The molecule has 0 bridgehead atoms. The summed E-state index contributed by atoms with van der Waals surface area (Å²) in [5.74, 6) is -0.116. The maximum atomic E-state index is 11.9. The van der Waals surface area contributed by atoms with Crippen LogP contribution in [-0.2, 0) is 0 Å². The van der Waals surface area contributed by atoms with E-state index in [1.807, 2.05) is 13.8 Å². The molecule has 4 N–H and O–H groups in total. The van der Waals surface area contributed by atoms with E-state index in [0.29, 0.717) is 17.7 Å². The van der Waals surface area contributed by atoms with Gasteiger partial charge in [-0.3, -0.25) is 4.79 Å². The van der Waals surface area contributed by atoms with Crippen LogP contribution in [0.5, 0.6) is 0 Å². The third kappa shape index (κ3) is 2.13. The molecular formula is C13H18N2O2. The molecule has 1 fully saturated rings. The van der Waals surface area contributed by atoms with Crippen molar-refractivity contribution in [3.63, 3.8) is 0 Å². The van der Waals surface area contributed by atoms with Crippen molar-refractivity contribution in [2.75, 3.05) is 5.73 Å². The first-order valence-electron chi connectivity index (χ1n) is 5.75. The minimum absolute atomic E-state index is 0.0301. The number of carbonyl (C=O) groups is 1. The van der Waals surface area contributed by atoms with E-state index in [9.17, 15) is 9.90 Å². The van der Waals surface area contributed by atoms with Gasteiger partial charge < -0.3 is 16.2 Å². The molecule has 1 saturated carbocycles. The summed E-state index contributed by atoms with van der Waals surface area (Å²) >= 11 is 0. The summed E-state index contributed by atoms with van der Waals surface area (Å²) in [6.07, 6.45) is 0.285. The standard InChI is InChI=1S/C13H18N2O2/c1-13(2)10(7-11(13)16)15-12(17)8-3-5-9(14)6-4-8/h3-6,10-11,16H,7,14H2,1-2H3,(H,15,17). The number of nitrogen functional groups attached to an aromatic ring is 1. The lowest BCUT2D eigenvalue weighted by atomic mass is 9.64. The Balaban J connectivity index is 2.01. The Kier molecular flexibility index (Phi) is 2.83. The highest BCUT2D eigenvalue weighted by molar-refractivity contribution is 5.94. The van der Waals surface area contributed by atoms with Gasteiger partial charge in [-0.05, 0) is 30.7 Å². The van der Waals surface area contributed by atoms with Crippen LogP contribution in [0.1, 0.15) is 30.6 Å². The summed E-state index contributed by atoms with van der Waals surface area (Å²) in [7, 11) is 0. The molecule has 0 saturated heterocycles. The van der Waals surface area contributed by atoms with Gasteiger partial charge in [-0.2, -0.15) is 0 Å². The zero-order valence-electron chi connectivity index (χ0n) is 10.1. The largest absolute Gasteiger partial charge is 0.399 e. The van der Waals surface area contributed by atoms with Crippen LogP contribution in [0.4, 0.5) is 5.69 Å². The highest BCUT2D eigenvalue weighted by atomic mass is 16.3. The van der Waals surface area contributed by atoms with E-state index < -0.39 is 0 Å². The van der Waals surface area contributed by atoms with E-state index in [4.69, 9.17) is 5.73 Å². The maximum absolute atomic E-state index is 11.9. The number of nitrogens with one attached hydrogen (secondary N) is 1. The third-order valence-corrected chi connectivity index (χ3v) is 3.69. The Morgan fingerprint density at radius 3 is 2.47 bits per heavy atom. The van der Waals surface area contributed by atoms with Crippen LogP contribution in [0.3, 0.4) is 0 Å². The second kappa shape index (κ2) is 4.04. The number of hydrogen-bond donors (Lipinski definition) is 3. The zero-order chi connectivity index (χ0) is 12.6. The number of aliphatic hydroxyl groups excluding tert-OH is 1. The van der Waals surface area contributed by atoms with Crippen molar-refractivity contribution in [2.24, 2.45) is 5.41 Å². The van der Waals surface area contributed by atoms with Gasteiger partial charge >= 0.3 is 0 Å². The Morgan fingerprint density at radius 1 is 1.41 bits per heavy atom. The molecule has 1 aromatic carbocycles. The van der Waals surface area contributed by atoms with Crippen LogP contribution >= 0.6 is 0 Å². The Bertz CT molecular complexity index is 426. The van der Waals surface area contributed by atoms with E-state index in [-0.39, 0.29) is 23.5 Å². The minimum Gasteiger partial charge on any atom is -0.399 e. The number of anilines is 1. The van der Waals surface area contributed by atoms with Gasteiger partial charge in [-0.1, -0.05) is 13.8 Å². The molecule has 2 atom stereocenters. The molecule has 0 aromatic heterocycles. The predicted octanol–water partition coefficient (Wildman–Crippen LogP) is 1.16. The topological polar surface area (TPSA) is 75.3 Å². The number of amides is 1. The first-order chi connectivity index (χ1) is 7.91. The Labute approximate surface area is 101 Å². The number of aliphatic hydroxyl groups is 1. The Morgan fingerprint density at radius 2 is 2.00 bits per heavy atom. The van der Waals surface area contributed by atoms with Crippen molar-refractivity contribution in [1.29, 1.82) is 0 Å². The molecular weight excluding hydrogens is 216 g/mol. The van der Waals surface area contributed by atoms with Gasteiger partial charge in [-0.15, -0.1) is 0 Å². The number of carbonyl (C=O) groups excluding carboxylic acids is 1. The molecule has 0 aliphatic heterocycles. The molecule has 0 heterocycles. The lowest BCUT2D eigenvalue weighted by Gasteiger charge is -2.49. The van der Waals surface area contributed by atoms with Crippen LogP contribution in [0, 0.1) is 5.41 Å². The fraction of sp³-hybridized carbons (Fsp3) is 0.462. The van der Waals surface area contributed by atoms with Crippen molar-refractivity contribution in [2.45, 2.75) is 32.4 Å². The van der Waals surface area contributed by atoms with Gasteiger partial charge in [0.25, 0.3) is 5.91 Å². The summed E-state index contributed by atoms with van der Waals surface area (Å²) in [4.78, 5) is 11.9. The second-order valence-electron chi connectivity index (χ2n) is 5.22. The second-order valence-corrected chi connectivity index (χ2v) is 5.22. The molecule has 1 aromatic rings. The van der Waals surface area contributed by atoms with E-state index >= 15 is 0 Å². The summed E-state index contributed by atoms with van der Waals surface area (Å²) in [6.45, 7) is 3.91. The van der Waals surface area contributed by atoms with Crippen molar-refractivity contribution < 1.29 is 9.90 Å². The first kappa shape index (κ1) is 11.9. The molecule has 1 aliphatic rings. The molecule has 2 unspecified atom stereocenters. The third-order valence-electron chi connectivity index (χ3n) is 3.69. The average molecular weight is 234 g/mol. The van der Waals surface area contributed by atoms with Gasteiger partial charge in [0.15, 0.2) is 0 Å². The lowest BCUT2D eigenvalue weighted by Crippen LogP contribution is -2.61. The van der Waals surface area contributed by atoms with E-state index in [1.54, 1.807) is 24.3 Å². The predicted molar refractivity (Wildman–Crippen MR) is 66.5 cm³/mol. The summed E-state index contributed by atoms with van der Waals surface area (Å²) < 4.78 is 0. The van der Waals surface area contributed by atoms with E-state index in [1.165, 1.54) is 0 Å². The SMILES string of the molecule is CC1(C)C(O)CC1NC(=O)c1ccc(N)cc1. The van der Waals surface area contributed by atoms with Crippen molar-refractivity contribution in [1.82, 2.24) is 5.32 Å². The molecule has 4 heteroatoms. The molecule has 0 spiro atoms. The van der Waals surface area contributed by atoms with Gasteiger partial charge in [0.05, 0.1) is 6.10 Å². The molecule has 1 amide bonds. The smallest absolute Gasteiger partial charge is 0.251 e. The first-order valence-corrected chi connectivity index (χ1v) is 5.75. The van der Waals surface area contributed by atoms with Crippen LogP contribution in [0.25, 0.3) is 0 Å². The van der Waals surface area contributed by atoms with Gasteiger partial charge in [0, 0.05) is 22.7 Å². The molecule has 1 aliphatic carbocycles. The van der Waals surface area contributed by atoms with Crippen molar-refractivity contribution in [3.05, 3.63) is 29.8 Å². The van der Waals surface area contributed by atoms with Crippen LogP contribution in [-0.4, -0.2) is 23.2 Å². The Hall–Kier alpha value is -1.55. The van der Waals surface area contributed by atoms with E-state index in [0.717, 1.165) is 0 Å². The minimum atomic E-state index is -0.334. The van der Waals surface area contributed by atoms with E-state index in [2.05, 4.69) is 5.32 Å². The van der Waals surface area contributed by atoms with Gasteiger partial charge in [0.1, 0.15) is 0 Å². The maximum Gasteiger partial charge on any atom is 0.251 e. The summed E-state index contributed by atoms with van der Waals surface area (Å²) in [5, 5.41) is 12.5. The summed E-state index contributed by atoms with van der Waals surface area (Å²) in [6, 6.07) is 6.84. The number of benzene rings is 1. The van der Waals surface area contributed by atoms with Crippen molar-refractivity contribution >= 4 is 11.6 Å². The highest BCUT2D eigenvalue weighted by Gasteiger charge is 2.47. The van der Waals surface area contributed by atoms with Crippen molar-refractivity contribution in [3.8, 4) is 0 Å². The fourth-order valence-corrected chi connectivity index (χ4v) is 2.02. The number of nitrogens with two attached hydrogens (primary N) is 1.